The molecule has 0 saturated heterocycles. The average molecular weight is 415 g/mol. The number of hydrogen-bond donors (Lipinski definition) is 4. The molecule has 0 aliphatic carbocycles. The van der Waals surface area contributed by atoms with Gasteiger partial charge in [-0.05, 0) is 36.4 Å². The molecule has 0 atom stereocenters. The van der Waals surface area contributed by atoms with E-state index in [4.69, 9.17) is 31.6 Å². The second-order valence-electron chi connectivity index (χ2n) is 6.05. The van der Waals surface area contributed by atoms with Crippen molar-refractivity contribution in [2.45, 2.75) is 0 Å². The summed E-state index contributed by atoms with van der Waals surface area (Å²) in [5, 5.41) is 12.4. The minimum absolute atomic E-state index is 0.234. The number of methoxy groups -OCH3 is 2. The van der Waals surface area contributed by atoms with Crippen LogP contribution in [0, 0.1) is 0 Å². The van der Waals surface area contributed by atoms with Crippen molar-refractivity contribution in [2.75, 3.05) is 27.4 Å². The lowest BCUT2D eigenvalue weighted by Gasteiger charge is -2.08. The highest BCUT2D eigenvalue weighted by Gasteiger charge is 2.12. The van der Waals surface area contributed by atoms with E-state index in [0.717, 1.165) is 10.9 Å². The molecule has 0 saturated carbocycles. The molecule has 1 amide bonds. The molecule has 0 unspecified atom stereocenters. The second kappa shape index (κ2) is 9.26. The highest BCUT2D eigenvalue weighted by atomic mass is 32.1. The smallest absolute Gasteiger partial charge is 0.267 e. The van der Waals surface area contributed by atoms with Crippen LogP contribution < -0.4 is 25.0 Å². The molecule has 0 aliphatic rings. The first-order chi connectivity index (χ1) is 14.0. The number of rotatable bonds is 8. The summed E-state index contributed by atoms with van der Waals surface area (Å²) in [5.74, 6) is 1.58. The van der Waals surface area contributed by atoms with Crippen molar-refractivity contribution in [3.05, 3.63) is 53.7 Å². The van der Waals surface area contributed by atoms with Crippen molar-refractivity contribution in [1.82, 2.24) is 15.8 Å². The Hall–Kier alpha value is -3.30. The first-order valence-corrected chi connectivity index (χ1v) is 9.16. The van der Waals surface area contributed by atoms with Crippen molar-refractivity contribution in [3.8, 4) is 17.2 Å². The SMILES string of the molecule is COc1cc2cc(C(=O)NCCOc3ccc(C(=S)NO)cc3)[nH]c2cc1OC. The summed E-state index contributed by atoms with van der Waals surface area (Å²) in [6, 6.07) is 12.3. The number of aromatic amines is 1. The van der Waals surface area contributed by atoms with Gasteiger partial charge in [0.2, 0.25) is 0 Å². The molecular weight excluding hydrogens is 394 g/mol. The predicted octanol–water partition coefficient (Wildman–Crippen LogP) is 2.65. The van der Waals surface area contributed by atoms with Gasteiger partial charge in [-0.3, -0.25) is 15.5 Å². The maximum Gasteiger partial charge on any atom is 0.267 e. The largest absolute Gasteiger partial charge is 0.493 e. The lowest BCUT2D eigenvalue weighted by Crippen LogP contribution is -2.28. The molecule has 9 heteroatoms. The number of carbonyl (C=O) groups is 1. The summed E-state index contributed by atoms with van der Waals surface area (Å²) >= 11 is 4.93. The van der Waals surface area contributed by atoms with Crippen LogP contribution >= 0.6 is 12.2 Å². The number of fused-ring (bicyclic) bond motifs is 1. The maximum absolute atomic E-state index is 12.4. The monoisotopic (exact) mass is 415 g/mol. The van der Waals surface area contributed by atoms with Crippen LogP contribution in [0.15, 0.2) is 42.5 Å². The van der Waals surface area contributed by atoms with Gasteiger partial charge >= 0.3 is 0 Å². The van der Waals surface area contributed by atoms with E-state index in [1.807, 2.05) is 11.5 Å². The lowest BCUT2D eigenvalue weighted by molar-refractivity contribution is 0.0943. The lowest BCUT2D eigenvalue weighted by atomic mass is 10.2. The van der Waals surface area contributed by atoms with Crippen LogP contribution in [-0.2, 0) is 0 Å². The van der Waals surface area contributed by atoms with Crippen LogP contribution in [0.1, 0.15) is 16.1 Å². The molecule has 29 heavy (non-hydrogen) atoms. The number of hydrogen-bond acceptors (Lipinski definition) is 6. The first-order valence-electron chi connectivity index (χ1n) is 8.76. The Morgan fingerprint density at radius 2 is 1.79 bits per heavy atom. The normalized spacial score (nSPS) is 10.4. The van der Waals surface area contributed by atoms with Gasteiger partial charge in [0, 0.05) is 22.5 Å². The summed E-state index contributed by atoms with van der Waals surface area (Å²) in [6.45, 7) is 0.634. The van der Waals surface area contributed by atoms with E-state index in [1.165, 1.54) is 0 Å². The first kappa shape index (κ1) is 20.4. The number of thiocarbonyl (C=S) groups is 1. The van der Waals surface area contributed by atoms with Crippen molar-refractivity contribution >= 4 is 34.0 Å². The quantitative estimate of drug-likeness (QED) is 0.255. The van der Waals surface area contributed by atoms with Gasteiger partial charge in [-0.1, -0.05) is 12.2 Å². The van der Waals surface area contributed by atoms with Crippen LogP contribution in [0.25, 0.3) is 10.9 Å². The third-order valence-corrected chi connectivity index (χ3v) is 4.57. The van der Waals surface area contributed by atoms with Gasteiger partial charge < -0.3 is 24.5 Å². The highest BCUT2D eigenvalue weighted by Crippen LogP contribution is 2.32. The molecule has 8 nitrogen and oxygen atoms in total. The van der Waals surface area contributed by atoms with E-state index in [2.05, 4.69) is 10.3 Å². The minimum Gasteiger partial charge on any atom is -0.493 e. The van der Waals surface area contributed by atoms with Crippen LogP contribution in [-0.4, -0.2) is 48.5 Å². The van der Waals surface area contributed by atoms with E-state index >= 15 is 0 Å². The molecular formula is C20H21N3O5S. The van der Waals surface area contributed by atoms with Crippen LogP contribution in [0.3, 0.4) is 0 Å². The molecule has 152 valence electrons. The van der Waals surface area contributed by atoms with Gasteiger partial charge in [0.15, 0.2) is 11.5 Å². The van der Waals surface area contributed by atoms with Crippen LogP contribution in [0.2, 0.25) is 0 Å². The van der Waals surface area contributed by atoms with Crippen molar-refractivity contribution in [1.29, 1.82) is 0 Å². The Labute approximate surface area is 172 Å². The number of amides is 1. The number of nitrogens with one attached hydrogen (secondary N) is 3. The third kappa shape index (κ3) is 4.76. The van der Waals surface area contributed by atoms with Gasteiger partial charge in [0.1, 0.15) is 23.0 Å². The molecule has 1 heterocycles. The Morgan fingerprint density at radius 1 is 1.10 bits per heavy atom. The summed E-state index contributed by atoms with van der Waals surface area (Å²) in [7, 11) is 3.13. The van der Waals surface area contributed by atoms with Gasteiger partial charge in [0.05, 0.1) is 20.8 Å². The van der Waals surface area contributed by atoms with Crippen molar-refractivity contribution < 1.29 is 24.2 Å². The molecule has 0 bridgehead atoms. The number of hydroxylamine groups is 1. The zero-order chi connectivity index (χ0) is 20.8. The van der Waals surface area contributed by atoms with Crippen molar-refractivity contribution in [2.24, 2.45) is 0 Å². The Morgan fingerprint density at radius 3 is 2.45 bits per heavy atom. The fourth-order valence-electron chi connectivity index (χ4n) is 2.78. The highest BCUT2D eigenvalue weighted by molar-refractivity contribution is 7.80. The van der Waals surface area contributed by atoms with Gasteiger partial charge in [0.25, 0.3) is 5.91 Å². The topological polar surface area (TPSA) is 105 Å². The zero-order valence-corrected chi connectivity index (χ0v) is 16.8. The Kier molecular flexibility index (Phi) is 6.53. The summed E-state index contributed by atoms with van der Waals surface area (Å²) in [4.78, 5) is 15.7. The molecule has 1 aromatic heterocycles. The van der Waals surface area contributed by atoms with Gasteiger partial charge in [-0.25, -0.2) is 0 Å². The van der Waals surface area contributed by atoms with E-state index in [9.17, 15) is 4.79 Å². The summed E-state index contributed by atoms with van der Waals surface area (Å²) in [6.07, 6.45) is 0. The minimum atomic E-state index is -0.238. The van der Waals surface area contributed by atoms with E-state index < -0.39 is 0 Å². The number of aromatic nitrogens is 1. The van der Waals surface area contributed by atoms with Crippen LogP contribution in [0.4, 0.5) is 0 Å². The van der Waals surface area contributed by atoms with Gasteiger partial charge in [-0.15, -0.1) is 0 Å². The van der Waals surface area contributed by atoms with Gasteiger partial charge in [-0.2, -0.15) is 0 Å². The van der Waals surface area contributed by atoms with E-state index in [-0.39, 0.29) is 10.9 Å². The maximum atomic E-state index is 12.4. The Balaban J connectivity index is 1.55. The standard InChI is InChI=1S/C20H21N3O5S/c1-26-17-10-13-9-16(22-15(13)11-18(17)27-2)19(24)21-7-8-28-14-5-3-12(4-6-14)20(29)23-25/h3-6,9-11,22,25H,7-8H2,1-2H3,(H,21,24)(H,23,29). The van der Waals surface area contributed by atoms with E-state index in [1.54, 1.807) is 50.6 Å². The molecule has 0 radical (unpaired) electrons. The molecule has 2 aromatic carbocycles. The Bertz CT molecular complexity index is 976. The average Bonchev–Trinajstić information content (AvgIpc) is 3.18. The number of H-pyrrole nitrogens is 1. The molecule has 3 rings (SSSR count). The molecule has 4 N–H and O–H groups in total. The molecule has 3 aromatic rings. The molecule has 0 aliphatic heterocycles. The third-order valence-electron chi connectivity index (χ3n) is 4.24. The van der Waals surface area contributed by atoms with Crippen LogP contribution in [0.5, 0.6) is 17.2 Å². The van der Waals surface area contributed by atoms with Crippen molar-refractivity contribution in [3.63, 3.8) is 0 Å². The predicted molar refractivity (Wildman–Crippen MR) is 112 cm³/mol. The second-order valence-corrected chi connectivity index (χ2v) is 6.46. The summed E-state index contributed by atoms with van der Waals surface area (Å²) in [5.41, 5.74) is 3.82. The van der Waals surface area contributed by atoms with E-state index in [0.29, 0.717) is 41.7 Å². The number of benzene rings is 2. The summed E-state index contributed by atoms with van der Waals surface area (Å²) < 4.78 is 16.2. The molecule has 0 fully saturated rings. The molecule has 0 spiro atoms. The fraction of sp³-hybridized carbons (Fsp3) is 0.200. The number of ether oxygens (including phenoxy) is 3. The number of carbonyl (C=O) groups excluding carboxylic acids is 1. The zero-order valence-electron chi connectivity index (χ0n) is 15.9. The fourth-order valence-corrected chi connectivity index (χ4v) is 2.91.